The van der Waals surface area contributed by atoms with Crippen molar-refractivity contribution >= 4 is 27.5 Å². The van der Waals surface area contributed by atoms with Crippen LogP contribution in [0.3, 0.4) is 0 Å². The molecule has 0 radical (unpaired) electrons. The smallest absolute Gasteiger partial charge is 0.235 e. The third-order valence-electron chi connectivity index (χ3n) is 4.32. The Morgan fingerprint density at radius 3 is 2.19 bits per heavy atom. The van der Waals surface area contributed by atoms with E-state index in [1.165, 1.54) is 0 Å². The molecule has 1 fully saturated rings. The van der Waals surface area contributed by atoms with Gasteiger partial charge in [0.25, 0.3) is 0 Å². The summed E-state index contributed by atoms with van der Waals surface area (Å²) in [4.78, 5) is 12.9. The molecule has 0 unspecified atom stereocenters. The van der Waals surface area contributed by atoms with Crippen LogP contribution in [-0.4, -0.2) is 5.91 Å². The van der Waals surface area contributed by atoms with Crippen LogP contribution < -0.4 is 5.32 Å². The molecule has 1 saturated carbocycles. The van der Waals surface area contributed by atoms with E-state index in [9.17, 15) is 4.79 Å². The van der Waals surface area contributed by atoms with Crippen molar-refractivity contribution in [1.82, 2.24) is 0 Å². The van der Waals surface area contributed by atoms with Crippen molar-refractivity contribution in [2.45, 2.75) is 31.1 Å². The molecule has 0 spiro atoms. The molecular weight excluding hydrogens is 326 g/mol. The molecule has 1 N–H and O–H groups in total. The fraction of sp³-hybridized carbons (Fsp3) is 0.278. The third kappa shape index (κ3) is 2.88. The van der Waals surface area contributed by atoms with Crippen molar-refractivity contribution in [1.29, 1.82) is 0 Å². The van der Waals surface area contributed by atoms with Gasteiger partial charge in [-0.15, -0.1) is 0 Å². The number of nitrogens with one attached hydrogen (secondary N) is 1. The Balaban J connectivity index is 1.87. The first-order valence-electron chi connectivity index (χ1n) is 7.33. The van der Waals surface area contributed by atoms with Gasteiger partial charge < -0.3 is 5.32 Å². The maximum absolute atomic E-state index is 12.9. The second-order valence-electron chi connectivity index (χ2n) is 5.62. The summed E-state index contributed by atoms with van der Waals surface area (Å²) in [6.45, 7) is 0. The number of hydrogen-bond acceptors (Lipinski definition) is 1. The highest BCUT2D eigenvalue weighted by atomic mass is 79.9. The fourth-order valence-corrected chi connectivity index (χ4v) is 3.43. The quantitative estimate of drug-likeness (QED) is 0.843. The van der Waals surface area contributed by atoms with Gasteiger partial charge in [-0.1, -0.05) is 59.1 Å². The SMILES string of the molecule is O=C(Nc1ccc(Br)cc1)C1(c2ccccc2)CCCC1. The Kier molecular flexibility index (Phi) is 4.11. The summed E-state index contributed by atoms with van der Waals surface area (Å²) >= 11 is 3.41. The summed E-state index contributed by atoms with van der Waals surface area (Å²) in [5.74, 6) is 0.119. The monoisotopic (exact) mass is 343 g/mol. The maximum Gasteiger partial charge on any atom is 0.235 e. The van der Waals surface area contributed by atoms with E-state index in [0.29, 0.717) is 0 Å². The van der Waals surface area contributed by atoms with Gasteiger partial charge in [0.2, 0.25) is 5.91 Å². The molecule has 2 nitrogen and oxygen atoms in total. The number of halogens is 1. The van der Waals surface area contributed by atoms with Gasteiger partial charge in [0.05, 0.1) is 5.41 Å². The molecule has 108 valence electrons. The number of carbonyl (C=O) groups excluding carboxylic acids is 1. The first-order valence-corrected chi connectivity index (χ1v) is 8.13. The second-order valence-corrected chi connectivity index (χ2v) is 6.53. The first-order chi connectivity index (χ1) is 10.2. The van der Waals surface area contributed by atoms with Gasteiger partial charge >= 0.3 is 0 Å². The van der Waals surface area contributed by atoms with Crippen LogP contribution in [0.5, 0.6) is 0 Å². The van der Waals surface area contributed by atoms with Gasteiger partial charge in [-0.2, -0.15) is 0 Å². The maximum atomic E-state index is 12.9. The van der Waals surface area contributed by atoms with E-state index in [1.807, 2.05) is 42.5 Å². The largest absolute Gasteiger partial charge is 0.325 e. The molecule has 2 aromatic rings. The number of amides is 1. The van der Waals surface area contributed by atoms with Crippen LogP contribution >= 0.6 is 15.9 Å². The lowest BCUT2D eigenvalue weighted by Gasteiger charge is -2.28. The van der Waals surface area contributed by atoms with Crippen LogP contribution in [0.2, 0.25) is 0 Å². The standard InChI is InChI=1S/C18H18BrNO/c19-15-8-10-16(11-9-15)20-17(21)18(12-4-5-13-18)14-6-2-1-3-7-14/h1-3,6-11H,4-5,12-13H2,(H,20,21). The van der Waals surface area contributed by atoms with E-state index >= 15 is 0 Å². The summed E-state index contributed by atoms with van der Waals surface area (Å²) in [6.07, 6.45) is 4.09. The number of rotatable bonds is 3. The van der Waals surface area contributed by atoms with E-state index in [2.05, 4.69) is 33.4 Å². The Morgan fingerprint density at radius 2 is 1.57 bits per heavy atom. The molecule has 0 heterocycles. The molecule has 1 amide bonds. The van der Waals surface area contributed by atoms with Crippen LogP contribution in [-0.2, 0) is 10.2 Å². The van der Waals surface area contributed by atoms with E-state index in [4.69, 9.17) is 0 Å². The van der Waals surface area contributed by atoms with Crippen LogP contribution in [0.15, 0.2) is 59.1 Å². The van der Waals surface area contributed by atoms with Crippen molar-refractivity contribution < 1.29 is 4.79 Å². The average molecular weight is 344 g/mol. The van der Waals surface area contributed by atoms with Crippen molar-refractivity contribution in [3.8, 4) is 0 Å². The minimum absolute atomic E-state index is 0.119. The minimum Gasteiger partial charge on any atom is -0.325 e. The fourth-order valence-electron chi connectivity index (χ4n) is 3.17. The molecule has 0 atom stereocenters. The number of benzene rings is 2. The van der Waals surface area contributed by atoms with Gasteiger partial charge in [-0.3, -0.25) is 4.79 Å². The molecule has 0 saturated heterocycles. The Morgan fingerprint density at radius 1 is 0.952 bits per heavy atom. The number of anilines is 1. The average Bonchev–Trinajstić information content (AvgIpc) is 3.01. The summed E-state index contributed by atoms with van der Waals surface area (Å²) in [7, 11) is 0. The molecule has 1 aliphatic carbocycles. The predicted octanol–water partition coefficient (Wildman–Crippen LogP) is 4.90. The zero-order valence-corrected chi connectivity index (χ0v) is 13.4. The lowest BCUT2D eigenvalue weighted by molar-refractivity contribution is -0.121. The van der Waals surface area contributed by atoms with Crippen LogP contribution in [0, 0.1) is 0 Å². The lowest BCUT2D eigenvalue weighted by atomic mass is 9.78. The first kappa shape index (κ1) is 14.3. The van der Waals surface area contributed by atoms with Crippen molar-refractivity contribution in [2.24, 2.45) is 0 Å². The number of carbonyl (C=O) groups is 1. The van der Waals surface area contributed by atoms with E-state index in [1.54, 1.807) is 0 Å². The Bertz CT molecular complexity index is 615. The van der Waals surface area contributed by atoms with Crippen molar-refractivity contribution in [3.63, 3.8) is 0 Å². The lowest BCUT2D eigenvalue weighted by Crippen LogP contribution is -2.37. The zero-order chi connectivity index (χ0) is 14.7. The minimum atomic E-state index is -0.367. The Hall–Kier alpha value is -1.61. The summed E-state index contributed by atoms with van der Waals surface area (Å²) in [5, 5.41) is 3.09. The predicted molar refractivity (Wildman–Crippen MR) is 89.4 cm³/mol. The topological polar surface area (TPSA) is 29.1 Å². The molecule has 0 bridgehead atoms. The molecule has 0 aliphatic heterocycles. The van der Waals surface area contributed by atoms with Crippen LogP contribution in [0.4, 0.5) is 5.69 Å². The number of hydrogen-bond donors (Lipinski definition) is 1. The normalized spacial score (nSPS) is 16.6. The van der Waals surface area contributed by atoms with Crippen molar-refractivity contribution in [2.75, 3.05) is 5.32 Å². The van der Waals surface area contributed by atoms with E-state index in [0.717, 1.165) is 41.4 Å². The molecule has 1 aliphatic rings. The molecular formula is C18H18BrNO. The van der Waals surface area contributed by atoms with Crippen molar-refractivity contribution in [3.05, 3.63) is 64.6 Å². The third-order valence-corrected chi connectivity index (χ3v) is 4.85. The van der Waals surface area contributed by atoms with Gasteiger partial charge in [-0.25, -0.2) is 0 Å². The summed E-state index contributed by atoms with van der Waals surface area (Å²) < 4.78 is 1.01. The van der Waals surface area contributed by atoms with Gasteiger partial charge in [0, 0.05) is 10.2 Å². The summed E-state index contributed by atoms with van der Waals surface area (Å²) in [5.41, 5.74) is 1.62. The Labute approximate surface area is 133 Å². The molecule has 21 heavy (non-hydrogen) atoms. The molecule has 3 rings (SSSR count). The molecule has 2 aromatic carbocycles. The van der Waals surface area contributed by atoms with Crippen LogP contribution in [0.1, 0.15) is 31.2 Å². The highest BCUT2D eigenvalue weighted by Crippen LogP contribution is 2.42. The highest BCUT2D eigenvalue weighted by molar-refractivity contribution is 9.10. The van der Waals surface area contributed by atoms with Gasteiger partial charge in [0.15, 0.2) is 0 Å². The molecule has 3 heteroatoms. The zero-order valence-electron chi connectivity index (χ0n) is 11.8. The van der Waals surface area contributed by atoms with Gasteiger partial charge in [-0.05, 0) is 42.7 Å². The van der Waals surface area contributed by atoms with E-state index in [-0.39, 0.29) is 11.3 Å². The van der Waals surface area contributed by atoms with Crippen LogP contribution in [0.25, 0.3) is 0 Å². The highest BCUT2D eigenvalue weighted by Gasteiger charge is 2.42. The summed E-state index contributed by atoms with van der Waals surface area (Å²) in [6, 6.07) is 17.9. The van der Waals surface area contributed by atoms with E-state index < -0.39 is 0 Å². The van der Waals surface area contributed by atoms with Gasteiger partial charge in [0.1, 0.15) is 0 Å². The second kappa shape index (κ2) is 6.02. The molecule has 0 aromatic heterocycles.